The number of carbonyl (C=O) groups excluding carboxylic acids is 2. The summed E-state index contributed by atoms with van der Waals surface area (Å²) in [5, 5.41) is 8.37. The number of anilines is 2. The minimum absolute atomic E-state index is 0.212. The summed E-state index contributed by atoms with van der Waals surface area (Å²) >= 11 is 0. The number of nitrogens with zero attached hydrogens (tertiary/aromatic N) is 1. The highest BCUT2D eigenvalue weighted by molar-refractivity contribution is 6.08. The minimum Gasteiger partial charge on any atom is -0.460 e. The summed E-state index contributed by atoms with van der Waals surface area (Å²) in [6.07, 6.45) is 6.18. The lowest BCUT2D eigenvalue weighted by molar-refractivity contribution is -0.115. The lowest BCUT2D eigenvalue weighted by atomic mass is 10.1. The first-order valence-corrected chi connectivity index (χ1v) is 7.97. The van der Waals surface area contributed by atoms with Gasteiger partial charge in [0.15, 0.2) is 5.58 Å². The summed E-state index contributed by atoms with van der Waals surface area (Å²) < 4.78 is 5.43. The Bertz CT molecular complexity index is 991. The number of fused-ring (bicyclic) bond motifs is 1. The zero-order chi connectivity index (χ0) is 18.5. The fourth-order valence-electron chi connectivity index (χ4n) is 2.49. The van der Waals surface area contributed by atoms with E-state index in [0.29, 0.717) is 28.0 Å². The Morgan fingerprint density at radius 2 is 2.04 bits per heavy atom. The zero-order valence-corrected chi connectivity index (χ0v) is 14.4. The molecule has 3 rings (SSSR count). The van der Waals surface area contributed by atoms with Crippen molar-refractivity contribution in [3.05, 3.63) is 60.0 Å². The van der Waals surface area contributed by atoms with Gasteiger partial charge in [-0.25, -0.2) is 0 Å². The number of nitrogens with one attached hydrogen (secondary N) is 3. The van der Waals surface area contributed by atoms with Crippen LogP contribution < -0.4 is 16.0 Å². The van der Waals surface area contributed by atoms with E-state index in [1.54, 1.807) is 56.9 Å². The molecule has 1 aromatic carbocycles. The van der Waals surface area contributed by atoms with E-state index in [0.717, 1.165) is 5.56 Å². The molecule has 0 saturated heterocycles. The molecule has 0 unspecified atom stereocenters. The fraction of sp³-hybridized carbons (Fsp3) is 0.105. The molecule has 7 heteroatoms. The molecule has 0 radical (unpaired) electrons. The Labute approximate surface area is 150 Å². The molecule has 3 N–H and O–H groups in total. The van der Waals surface area contributed by atoms with Crippen LogP contribution in [0, 0.1) is 0 Å². The lowest BCUT2D eigenvalue weighted by Crippen LogP contribution is -2.14. The van der Waals surface area contributed by atoms with Gasteiger partial charge in [0.05, 0.1) is 18.1 Å². The summed E-state index contributed by atoms with van der Waals surface area (Å²) in [5.41, 5.74) is 3.66. The molecule has 132 valence electrons. The molecule has 0 bridgehead atoms. The van der Waals surface area contributed by atoms with Crippen molar-refractivity contribution in [2.45, 2.75) is 0 Å². The van der Waals surface area contributed by atoms with Gasteiger partial charge in [-0.1, -0.05) is 12.1 Å². The first-order valence-electron chi connectivity index (χ1n) is 7.97. The quantitative estimate of drug-likeness (QED) is 0.615. The lowest BCUT2D eigenvalue weighted by Gasteiger charge is -2.11. The summed E-state index contributed by atoms with van der Waals surface area (Å²) in [6.45, 7) is 0. The van der Waals surface area contributed by atoms with Crippen LogP contribution in [0.3, 0.4) is 0 Å². The van der Waals surface area contributed by atoms with E-state index in [4.69, 9.17) is 4.42 Å². The molecule has 0 saturated carbocycles. The maximum Gasteiger partial charge on any atom is 0.255 e. The molecular weight excluding hydrogens is 332 g/mol. The van der Waals surface area contributed by atoms with Gasteiger partial charge < -0.3 is 20.4 Å². The number of hydrogen-bond acceptors (Lipinski definition) is 5. The number of furan rings is 1. The Balaban J connectivity index is 1.84. The van der Waals surface area contributed by atoms with E-state index in [-0.39, 0.29) is 11.8 Å². The van der Waals surface area contributed by atoms with Crippen LogP contribution in [0.4, 0.5) is 11.4 Å². The first-order chi connectivity index (χ1) is 12.6. The third-order valence-electron chi connectivity index (χ3n) is 3.79. The Morgan fingerprint density at radius 1 is 1.19 bits per heavy atom. The molecule has 2 amide bonds. The number of aromatic nitrogens is 1. The Morgan fingerprint density at radius 3 is 2.81 bits per heavy atom. The summed E-state index contributed by atoms with van der Waals surface area (Å²) in [5.74, 6) is -0.499. The summed E-state index contributed by atoms with van der Waals surface area (Å²) in [7, 11) is 3.30. The van der Waals surface area contributed by atoms with E-state index in [1.165, 1.54) is 6.08 Å². The molecule has 0 aliphatic heterocycles. The highest BCUT2D eigenvalue weighted by atomic mass is 16.3. The van der Waals surface area contributed by atoms with Crippen molar-refractivity contribution in [3.63, 3.8) is 0 Å². The van der Waals surface area contributed by atoms with Crippen LogP contribution in [-0.2, 0) is 4.79 Å². The standard InChI is InChI=1S/C19H18N4O3/c1-20-16(24)7-6-12-4-3-5-13(10-12)19(25)23-15-11-22-14-8-9-26-18(14)17(15)21-2/h3-11H,1-2H3,(H,20,24)(H,21,22)(H,23,25). The number of benzene rings is 1. The highest BCUT2D eigenvalue weighted by Crippen LogP contribution is 2.30. The molecule has 7 nitrogen and oxygen atoms in total. The van der Waals surface area contributed by atoms with E-state index in [1.807, 2.05) is 6.07 Å². The van der Waals surface area contributed by atoms with Crippen LogP contribution in [0.15, 0.2) is 53.3 Å². The van der Waals surface area contributed by atoms with Crippen molar-refractivity contribution < 1.29 is 14.0 Å². The largest absolute Gasteiger partial charge is 0.460 e. The number of rotatable bonds is 5. The number of likely N-dealkylation sites (N-methyl/N-ethyl adjacent to an activating group) is 1. The summed E-state index contributed by atoms with van der Waals surface area (Å²) in [6, 6.07) is 8.72. The average Bonchev–Trinajstić information content (AvgIpc) is 3.15. The van der Waals surface area contributed by atoms with Crippen molar-refractivity contribution in [2.75, 3.05) is 24.7 Å². The zero-order valence-electron chi connectivity index (χ0n) is 14.4. The molecule has 0 atom stereocenters. The fourth-order valence-corrected chi connectivity index (χ4v) is 2.49. The van der Waals surface area contributed by atoms with Crippen molar-refractivity contribution in [3.8, 4) is 0 Å². The van der Waals surface area contributed by atoms with E-state index in [2.05, 4.69) is 20.9 Å². The van der Waals surface area contributed by atoms with Crippen molar-refractivity contribution in [1.29, 1.82) is 0 Å². The third kappa shape index (κ3) is 3.56. The maximum absolute atomic E-state index is 12.6. The predicted molar refractivity (Wildman–Crippen MR) is 101 cm³/mol. The van der Waals surface area contributed by atoms with Gasteiger partial charge in [-0.3, -0.25) is 14.6 Å². The van der Waals surface area contributed by atoms with Gasteiger partial charge in [0.1, 0.15) is 11.2 Å². The smallest absolute Gasteiger partial charge is 0.255 e. The van der Waals surface area contributed by atoms with Crippen LogP contribution >= 0.6 is 0 Å². The number of hydrogen-bond donors (Lipinski definition) is 3. The molecule has 2 heterocycles. The highest BCUT2D eigenvalue weighted by Gasteiger charge is 2.14. The third-order valence-corrected chi connectivity index (χ3v) is 3.79. The minimum atomic E-state index is -0.288. The van der Waals surface area contributed by atoms with Crippen LogP contribution in [0.25, 0.3) is 17.2 Å². The van der Waals surface area contributed by atoms with E-state index < -0.39 is 0 Å². The second-order valence-corrected chi connectivity index (χ2v) is 5.46. The van der Waals surface area contributed by atoms with Gasteiger partial charge in [0.2, 0.25) is 5.91 Å². The maximum atomic E-state index is 12.6. The molecule has 0 aliphatic carbocycles. The van der Waals surface area contributed by atoms with Gasteiger partial charge in [0.25, 0.3) is 5.91 Å². The molecule has 2 aromatic heterocycles. The molecular formula is C19H18N4O3. The van der Waals surface area contributed by atoms with Gasteiger partial charge >= 0.3 is 0 Å². The van der Waals surface area contributed by atoms with Gasteiger partial charge in [-0.2, -0.15) is 0 Å². The first kappa shape index (κ1) is 17.2. The van der Waals surface area contributed by atoms with Crippen LogP contribution in [0.1, 0.15) is 15.9 Å². The van der Waals surface area contributed by atoms with Crippen LogP contribution in [0.2, 0.25) is 0 Å². The van der Waals surface area contributed by atoms with Crippen molar-refractivity contribution in [1.82, 2.24) is 10.3 Å². The topological polar surface area (TPSA) is 96.3 Å². The Kier molecular flexibility index (Phi) is 4.98. The second-order valence-electron chi connectivity index (χ2n) is 5.46. The molecule has 26 heavy (non-hydrogen) atoms. The molecule has 0 spiro atoms. The van der Waals surface area contributed by atoms with E-state index >= 15 is 0 Å². The SMILES string of the molecule is CNC(=O)C=Cc1cccc(C(=O)Nc2cnc3ccoc3c2NC)c1. The van der Waals surface area contributed by atoms with Gasteiger partial charge in [0, 0.05) is 31.8 Å². The summed E-state index contributed by atoms with van der Waals surface area (Å²) in [4.78, 5) is 28.2. The van der Waals surface area contributed by atoms with E-state index in [9.17, 15) is 9.59 Å². The Hall–Kier alpha value is -3.61. The van der Waals surface area contributed by atoms with Crippen LogP contribution in [0.5, 0.6) is 0 Å². The monoisotopic (exact) mass is 350 g/mol. The average molecular weight is 350 g/mol. The molecule has 3 aromatic rings. The van der Waals surface area contributed by atoms with Crippen LogP contribution in [-0.4, -0.2) is 30.9 Å². The van der Waals surface area contributed by atoms with Gasteiger partial charge in [-0.15, -0.1) is 0 Å². The van der Waals surface area contributed by atoms with Crippen molar-refractivity contribution >= 4 is 40.4 Å². The normalized spacial score (nSPS) is 10.8. The number of amides is 2. The number of pyridine rings is 1. The van der Waals surface area contributed by atoms with Crippen molar-refractivity contribution in [2.24, 2.45) is 0 Å². The second kappa shape index (κ2) is 7.52. The molecule has 0 aliphatic rings. The predicted octanol–water partition coefficient (Wildman–Crippen LogP) is 2.88. The van der Waals surface area contributed by atoms with Gasteiger partial charge in [-0.05, 0) is 23.8 Å². The molecule has 0 fully saturated rings. The number of carbonyl (C=O) groups is 2.